The number of hydrogen-bond donors (Lipinski definition) is 1. The van der Waals surface area contributed by atoms with E-state index in [-0.39, 0.29) is 16.8 Å². The van der Waals surface area contributed by atoms with Crippen molar-refractivity contribution >= 4 is 33.3 Å². The smallest absolute Gasteiger partial charge is 0.244 e. The Kier molecular flexibility index (Phi) is 6.52. The van der Waals surface area contributed by atoms with Crippen molar-refractivity contribution in [1.82, 2.24) is 9.62 Å². The number of nitrogens with one attached hydrogen (secondary N) is 1. The standard InChI is InChI=1S/C18H22N2O3S2/c1-14(2)20(3)25(22,23)17-9-6-15(7-10-17)13-19-18(21)11-8-16-5-4-12-24-16/h4-12,14H,13H2,1-3H3,(H,19,21)/b11-8+. The minimum Gasteiger partial charge on any atom is -0.348 e. The lowest BCUT2D eigenvalue weighted by Gasteiger charge is -2.21. The Balaban J connectivity index is 1.95. The molecule has 0 radical (unpaired) electrons. The average molecular weight is 379 g/mol. The number of amides is 1. The number of carbonyl (C=O) groups excluding carboxylic acids is 1. The molecule has 134 valence electrons. The highest BCUT2D eigenvalue weighted by molar-refractivity contribution is 7.89. The van der Waals surface area contributed by atoms with Crippen LogP contribution in [0.5, 0.6) is 0 Å². The van der Waals surface area contributed by atoms with Crippen LogP contribution in [0.15, 0.2) is 52.7 Å². The molecule has 0 fully saturated rings. The van der Waals surface area contributed by atoms with Crippen LogP contribution in [-0.4, -0.2) is 31.7 Å². The summed E-state index contributed by atoms with van der Waals surface area (Å²) >= 11 is 1.56. The molecular formula is C18H22N2O3S2. The van der Waals surface area contributed by atoms with E-state index >= 15 is 0 Å². The van der Waals surface area contributed by atoms with Gasteiger partial charge in [0.1, 0.15) is 0 Å². The van der Waals surface area contributed by atoms with Crippen LogP contribution >= 0.6 is 11.3 Å². The van der Waals surface area contributed by atoms with Crippen molar-refractivity contribution in [2.75, 3.05) is 7.05 Å². The molecule has 2 rings (SSSR count). The molecule has 2 aromatic rings. The van der Waals surface area contributed by atoms with Crippen LogP contribution in [0.1, 0.15) is 24.3 Å². The highest BCUT2D eigenvalue weighted by atomic mass is 32.2. The summed E-state index contributed by atoms with van der Waals surface area (Å²) in [5.74, 6) is -0.190. The van der Waals surface area contributed by atoms with Gasteiger partial charge in [0.25, 0.3) is 0 Å². The van der Waals surface area contributed by atoms with Gasteiger partial charge in [-0.3, -0.25) is 4.79 Å². The zero-order valence-electron chi connectivity index (χ0n) is 14.5. The van der Waals surface area contributed by atoms with E-state index in [4.69, 9.17) is 0 Å². The molecule has 0 unspecified atom stereocenters. The predicted molar refractivity (Wildman–Crippen MR) is 102 cm³/mol. The largest absolute Gasteiger partial charge is 0.348 e. The summed E-state index contributed by atoms with van der Waals surface area (Å²) in [5, 5.41) is 4.73. The summed E-state index contributed by atoms with van der Waals surface area (Å²) in [6, 6.07) is 10.3. The first-order valence-corrected chi connectivity index (χ1v) is 10.2. The van der Waals surface area contributed by atoms with Gasteiger partial charge in [-0.15, -0.1) is 11.3 Å². The average Bonchev–Trinajstić information content (AvgIpc) is 3.11. The zero-order valence-corrected chi connectivity index (χ0v) is 16.1. The summed E-state index contributed by atoms with van der Waals surface area (Å²) in [5.41, 5.74) is 0.837. The zero-order chi connectivity index (χ0) is 18.4. The maximum atomic E-state index is 12.4. The number of benzene rings is 1. The van der Waals surface area contributed by atoms with Gasteiger partial charge in [-0.2, -0.15) is 4.31 Å². The van der Waals surface area contributed by atoms with E-state index in [1.807, 2.05) is 31.4 Å². The van der Waals surface area contributed by atoms with Crippen molar-refractivity contribution in [1.29, 1.82) is 0 Å². The highest BCUT2D eigenvalue weighted by Crippen LogP contribution is 2.17. The summed E-state index contributed by atoms with van der Waals surface area (Å²) in [4.78, 5) is 13.1. The van der Waals surface area contributed by atoms with Gasteiger partial charge < -0.3 is 5.32 Å². The Bertz CT molecular complexity index is 824. The fourth-order valence-corrected chi connectivity index (χ4v) is 4.00. The maximum Gasteiger partial charge on any atom is 0.244 e. The fraction of sp³-hybridized carbons (Fsp3) is 0.278. The fourth-order valence-electron chi connectivity index (χ4n) is 2.02. The first kappa shape index (κ1) is 19.4. The minimum absolute atomic E-state index is 0.112. The molecule has 0 aliphatic carbocycles. The number of nitrogens with zero attached hydrogens (tertiary/aromatic N) is 1. The molecule has 0 saturated heterocycles. The Morgan fingerprint density at radius 2 is 1.92 bits per heavy atom. The Morgan fingerprint density at radius 3 is 2.48 bits per heavy atom. The third-order valence-corrected chi connectivity index (χ3v) is 6.62. The molecule has 1 aromatic carbocycles. The second kappa shape index (κ2) is 8.42. The van der Waals surface area contributed by atoms with E-state index in [9.17, 15) is 13.2 Å². The third kappa shape index (κ3) is 5.26. The van der Waals surface area contributed by atoms with Crippen molar-refractivity contribution in [2.45, 2.75) is 31.3 Å². The molecule has 0 atom stereocenters. The van der Waals surface area contributed by atoms with Crippen LogP contribution in [0.25, 0.3) is 6.08 Å². The summed E-state index contributed by atoms with van der Waals surface area (Å²) in [7, 11) is -1.92. The number of carbonyl (C=O) groups is 1. The molecule has 1 aromatic heterocycles. The molecule has 1 N–H and O–H groups in total. The van der Waals surface area contributed by atoms with Gasteiger partial charge in [0.05, 0.1) is 4.90 Å². The van der Waals surface area contributed by atoms with Gasteiger partial charge in [0.2, 0.25) is 15.9 Å². The lowest BCUT2D eigenvalue weighted by molar-refractivity contribution is -0.116. The highest BCUT2D eigenvalue weighted by Gasteiger charge is 2.22. The summed E-state index contributed by atoms with van der Waals surface area (Å²) < 4.78 is 26.1. The second-order valence-corrected chi connectivity index (χ2v) is 8.80. The summed E-state index contributed by atoms with van der Waals surface area (Å²) in [6.07, 6.45) is 3.25. The molecule has 0 aliphatic heterocycles. The number of thiophene rings is 1. The number of sulfonamides is 1. The predicted octanol–water partition coefficient (Wildman–Crippen LogP) is 3.11. The molecule has 0 bridgehead atoms. The van der Waals surface area contributed by atoms with E-state index in [1.54, 1.807) is 48.7 Å². The Labute approximate surface area is 153 Å². The molecule has 1 heterocycles. The van der Waals surface area contributed by atoms with Crippen molar-refractivity contribution < 1.29 is 13.2 Å². The normalized spacial score (nSPS) is 12.2. The van der Waals surface area contributed by atoms with Crippen LogP contribution in [-0.2, 0) is 21.4 Å². The van der Waals surface area contributed by atoms with E-state index in [2.05, 4.69) is 5.32 Å². The minimum atomic E-state index is -3.48. The van der Waals surface area contributed by atoms with Crippen molar-refractivity contribution in [3.63, 3.8) is 0 Å². The van der Waals surface area contributed by atoms with Crippen LogP contribution in [0, 0.1) is 0 Å². The molecule has 25 heavy (non-hydrogen) atoms. The lowest BCUT2D eigenvalue weighted by Crippen LogP contribution is -2.33. The van der Waals surface area contributed by atoms with Crippen LogP contribution in [0.3, 0.4) is 0 Å². The van der Waals surface area contributed by atoms with Crippen LogP contribution < -0.4 is 5.32 Å². The molecule has 0 aliphatic rings. The third-order valence-electron chi connectivity index (χ3n) is 3.74. The van der Waals surface area contributed by atoms with Gasteiger partial charge in [-0.25, -0.2) is 8.42 Å². The number of rotatable bonds is 7. The van der Waals surface area contributed by atoms with E-state index in [1.165, 1.54) is 10.4 Å². The van der Waals surface area contributed by atoms with Gasteiger partial charge >= 0.3 is 0 Å². The first-order chi connectivity index (χ1) is 11.8. The van der Waals surface area contributed by atoms with Gasteiger partial charge in [-0.05, 0) is 49.1 Å². The monoisotopic (exact) mass is 378 g/mol. The van der Waals surface area contributed by atoms with Gasteiger partial charge in [0, 0.05) is 30.6 Å². The van der Waals surface area contributed by atoms with Crippen molar-refractivity contribution in [3.05, 3.63) is 58.3 Å². The van der Waals surface area contributed by atoms with Crippen molar-refractivity contribution in [3.8, 4) is 0 Å². The molecule has 7 heteroatoms. The molecule has 1 amide bonds. The van der Waals surface area contributed by atoms with Crippen LogP contribution in [0.4, 0.5) is 0 Å². The lowest BCUT2D eigenvalue weighted by atomic mass is 10.2. The molecule has 0 saturated carbocycles. The first-order valence-electron chi connectivity index (χ1n) is 7.87. The Morgan fingerprint density at radius 1 is 1.24 bits per heavy atom. The Hall–Kier alpha value is -1.96. The van der Waals surface area contributed by atoms with E-state index in [0.717, 1.165) is 10.4 Å². The van der Waals surface area contributed by atoms with E-state index < -0.39 is 10.0 Å². The van der Waals surface area contributed by atoms with Crippen LogP contribution in [0.2, 0.25) is 0 Å². The number of hydrogen-bond acceptors (Lipinski definition) is 4. The van der Waals surface area contributed by atoms with E-state index in [0.29, 0.717) is 6.54 Å². The molecular weight excluding hydrogens is 356 g/mol. The van der Waals surface area contributed by atoms with Crippen molar-refractivity contribution in [2.24, 2.45) is 0 Å². The topological polar surface area (TPSA) is 66.5 Å². The molecule has 5 nitrogen and oxygen atoms in total. The SMILES string of the molecule is CC(C)N(C)S(=O)(=O)c1ccc(CNC(=O)/C=C/c2cccs2)cc1. The molecule has 0 spiro atoms. The van der Waals surface area contributed by atoms with Gasteiger partial charge in [0.15, 0.2) is 0 Å². The second-order valence-electron chi connectivity index (χ2n) is 5.83. The van der Waals surface area contributed by atoms with Gasteiger partial charge in [-0.1, -0.05) is 18.2 Å². The maximum absolute atomic E-state index is 12.4. The quantitative estimate of drug-likeness (QED) is 0.753. The summed E-state index contributed by atoms with van der Waals surface area (Å²) in [6.45, 7) is 3.99.